The summed E-state index contributed by atoms with van der Waals surface area (Å²) in [6.07, 6.45) is 6.87. The molecule has 5 atom stereocenters. The number of piperazine rings is 1. The fourth-order valence-corrected chi connectivity index (χ4v) is 5.60. The summed E-state index contributed by atoms with van der Waals surface area (Å²) in [5.41, 5.74) is 0.187. The molecule has 0 aromatic carbocycles. The molecule has 0 amide bonds. The molecular formula is C19H33N3O4. The first-order valence-corrected chi connectivity index (χ1v) is 10.6. The molecule has 7 heteroatoms. The van der Waals surface area contributed by atoms with Gasteiger partial charge in [-0.05, 0) is 45.2 Å². The highest BCUT2D eigenvalue weighted by atomic mass is 16.8. The topological polar surface area (TPSA) is 84.0 Å². The fourth-order valence-electron chi connectivity index (χ4n) is 5.60. The molecule has 4 heterocycles. The molecule has 5 rings (SSSR count). The van der Waals surface area contributed by atoms with Gasteiger partial charge < -0.3 is 35.3 Å². The Labute approximate surface area is 155 Å². The summed E-state index contributed by atoms with van der Waals surface area (Å²) in [5, 5.41) is 21.7. The van der Waals surface area contributed by atoms with Crippen LogP contribution in [0.2, 0.25) is 0 Å². The van der Waals surface area contributed by atoms with Crippen LogP contribution in [0.3, 0.4) is 0 Å². The van der Waals surface area contributed by atoms with Crippen molar-refractivity contribution in [1.29, 1.82) is 0 Å². The minimum atomic E-state index is -0.603. The third kappa shape index (κ3) is 3.21. The number of aliphatic hydroxyl groups is 1. The summed E-state index contributed by atoms with van der Waals surface area (Å²) >= 11 is 0. The lowest BCUT2D eigenvalue weighted by molar-refractivity contribution is -0.246. The third-order valence-corrected chi connectivity index (χ3v) is 7.03. The molecule has 4 aliphatic heterocycles. The van der Waals surface area contributed by atoms with Crippen molar-refractivity contribution in [3.63, 3.8) is 0 Å². The first-order valence-electron chi connectivity index (χ1n) is 10.6. The molecule has 148 valence electrons. The number of aliphatic hydroxyl groups excluding tert-OH is 1. The molecule has 1 unspecified atom stereocenters. The van der Waals surface area contributed by atoms with Gasteiger partial charge in [-0.25, -0.2) is 0 Å². The zero-order valence-corrected chi connectivity index (χ0v) is 15.5. The smallest absolute Gasteiger partial charge is 0.190 e. The summed E-state index contributed by atoms with van der Waals surface area (Å²) in [4.78, 5) is 0. The van der Waals surface area contributed by atoms with Crippen molar-refractivity contribution < 1.29 is 19.3 Å². The van der Waals surface area contributed by atoms with E-state index in [0.29, 0.717) is 6.04 Å². The lowest BCUT2D eigenvalue weighted by atomic mass is 9.84. The maximum absolute atomic E-state index is 10.8. The van der Waals surface area contributed by atoms with Gasteiger partial charge in [0.25, 0.3) is 0 Å². The predicted molar refractivity (Wildman–Crippen MR) is 95.7 cm³/mol. The molecule has 0 aromatic rings. The van der Waals surface area contributed by atoms with Gasteiger partial charge in [0.15, 0.2) is 12.1 Å². The summed E-state index contributed by atoms with van der Waals surface area (Å²) in [5.74, 6) is -0.497. The minimum absolute atomic E-state index is 0.187. The zero-order chi connectivity index (χ0) is 17.6. The first-order chi connectivity index (χ1) is 12.7. The molecule has 0 bridgehead atoms. The van der Waals surface area contributed by atoms with Crippen molar-refractivity contribution in [3.8, 4) is 0 Å². The average Bonchev–Trinajstić information content (AvgIpc) is 3.12. The van der Waals surface area contributed by atoms with Crippen molar-refractivity contribution >= 4 is 0 Å². The molecule has 5 aliphatic rings. The van der Waals surface area contributed by atoms with Crippen LogP contribution in [0.1, 0.15) is 51.4 Å². The second-order valence-corrected chi connectivity index (χ2v) is 8.94. The van der Waals surface area contributed by atoms with Crippen LogP contribution in [0, 0.1) is 0 Å². The Morgan fingerprint density at radius 3 is 2.54 bits per heavy atom. The number of nitrogens with one attached hydrogen (secondary N) is 3. The van der Waals surface area contributed by atoms with E-state index in [-0.39, 0.29) is 17.7 Å². The normalized spacial score (nSPS) is 44.4. The van der Waals surface area contributed by atoms with E-state index >= 15 is 0 Å². The van der Waals surface area contributed by atoms with E-state index in [1.807, 2.05) is 0 Å². The molecule has 7 nitrogen and oxygen atoms in total. The van der Waals surface area contributed by atoms with Crippen LogP contribution in [0.4, 0.5) is 0 Å². The maximum Gasteiger partial charge on any atom is 0.190 e. The van der Waals surface area contributed by atoms with Crippen LogP contribution in [0.25, 0.3) is 0 Å². The number of ether oxygens (including phenoxy) is 3. The van der Waals surface area contributed by atoms with Gasteiger partial charge in [0.1, 0.15) is 12.2 Å². The van der Waals surface area contributed by atoms with E-state index in [0.717, 1.165) is 71.1 Å². The van der Waals surface area contributed by atoms with Gasteiger partial charge in [-0.1, -0.05) is 6.42 Å². The predicted octanol–water partition coefficient (Wildman–Crippen LogP) is 0.222. The number of rotatable bonds is 2. The van der Waals surface area contributed by atoms with Gasteiger partial charge in [-0.3, -0.25) is 0 Å². The highest BCUT2D eigenvalue weighted by molar-refractivity contribution is 5.03. The second-order valence-electron chi connectivity index (χ2n) is 8.94. The molecule has 4 saturated heterocycles. The Morgan fingerprint density at radius 1 is 0.962 bits per heavy atom. The Kier molecular flexibility index (Phi) is 4.76. The fraction of sp³-hybridized carbons (Fsp3) is 1.00. The summed E-state index contributed by atoms with van der Waals surface area (Å²) < 4.78 is 18.5. The van der Waals surface area contributed by atoms with Crippen LogP contribution < -0.4 is 16.0 Å². The molecule has 26 heavy (non-hydrogen) atoms. The van der Waals surface area contributed by atoms with Gasteiger partial charge in [-0.15, -0.1) is 0 Å². The molecule has 0 radical (unpaired) electrons. The molecule has 5 fully saturated rings. The number of hydrogen-bond donors (Lipinski definition) is 4. The number of fused-ring (bicyclic) bond motifs is 1. The van der Waals surface area contributed by atoms with E-state index in [2.05, 4.69) is 16.0 Å². The van der Waals surface area contributed by atoms with E-state index in [1.165, 1.54) is 6.42 Å². The van der Waals surface area contributed by atoms with Crippen LogP contribution in [-0.4, -0.2) is 73.3 Å². The van der Waals surface area contributed by atoms with Gasteiger partial charge >= 0.3 is 0 Å². The maximum atomic E-state index is 10.8. The van der Waals surface area contributed by atoms with Crippen LogP contribution in [0.5, 0.6) is 0 Å². The van der Waals surface area contributed by atoms with Crippen LogP contribution >= 0.6 is 0 Å². The highest BCUT2D eigenvalue weighted by Gasteiger charge is 2.57. The lowest BCUT2D eigenvalue weighted by Crippen LogP contribution is -2.67. The summed E-state index contributed by atoms with van der Waals surface area (Å²) in [7, 11) is 0. The van der Waals surface area contributed by atoms with Crippen molar-refractivity contribution in [2.75, 3.05) is 26.2 Å². The van der Waals surface area contributed by atoms with E-state index in [1.54, 1.807) is 0 Å². The molecule has 2 spiro atoms. The molecular weight excluding hydrogens is 334 g/mol. The Morgan fingerprint density at radius 2 is 1.77 bits per heavy atom. The van der Waals surface area contributed by atoms with E-state index in [4.69, 9.17) is 14.2 Å². The Balaban J connectivity index is 1.19. The quantitative estimate of drug-likeness (QED) is 0.556. The Bertz CT molecular complexity index is 502. The molecule has 1 aliphatic carbocycles. The van der Waals surface area contributed by atoms with Crippen LogP contribution in [0.15, 0.2) is 0 Å². The summed E-state index contributed by atoms with van der Waals surface area (Å²) in [6.45, 7) is 4.08. The second kappa shape index (κ2) is 6.95. The van der Waals surface area contributed by atoms with Gasteiger partial charge in [0.05, 0.1) is 6.10 Å². The SMILES string of the molecule is O[C@@H]1[C@H]2OC3(CCCCC3)O[C@H]2O[C@@H]1CC1CNCC2(CCNCC2)N1. The van der Waals surface area contributed by atoms with E-state index in [9.17, 15) is 5.11 Å². The largest absolute Gasteiger partial charge is 0.387 e. The first kappa shape index (κ1) is 17.8. The average molecular weight is 367 g/mol. The van der Waals surface area contributed by atoms with Gasteiger partial charge in [0, 0.05) is 37.5 Å². The standard InChI is InChI=1S/C19H33N3O4/c23-15-14(10-13-11-21-12-18(22-13)6-8-20-9-7-18)24-17-16(15)25-19(26-17)4-2-1-3-5-19/h13-17,20-23H,1-12H2/t13?,14-,15+,16-,17-/m1/s1. The van der Waals surface area contributed by atoms with Crippen molar-refractivity contribution in [1.82, 2.24) is 16.0 Å². The van der Waals surface area contributed by atoms with Crippen molar-refractivity contribution in [2.45, 2.75) is 93.3 Å². The summed E-state index contributed by atoms with van der Waals surface area (Å²) in [6, 6.07) is 0.309. The molecule has 1 saturated carbocycles. The molecule has 4 N–H and O–H groups in total. The van der Waals surface area contributed by atoms with Gasteiger partial charge in [-0.2, -0.15) is 0 Å². The lowest BCUT2D eigenvalue weighted by Gasteiger charge is -2.46. The van der Waals surface area contributed by atoms with Crippen molar-refractivity contribution in [2.24, 2.45) is 0 Å². The van der Waals surface area contributed by atoms with Gasteiger partial charge in [0.2, 0.25) is 0 Å². The van der Waals surface area contributed by atoms with Crippen molar-refractivity contribution in [3.05, 3.63) is 0 Å². The number of hydrogen-bond acceptors (Lipinski definition) is 7. The molecule has 0 aromatic heterocycles. The highest BCUT2D eigenvalue weighted by Crippen LogP contribution is 2.45. The van der Waals surface area contributed by atoms with E-state index < -0.39 is 18.2 Å². The third-order valence-electron chi connectivity index (χ3n) is 7.03. The zero-order valence-electron chi connectivity index (χ0n) is 15.5. The Hall–Kier alpha value is -0.280. The van der Waals surface area contributed by atoms with Crippen LogP contribution in [-0.2, 0) is 14.2 Å². The number of piperidine rings is 1. The monoisotopic (exact) mass is 367 g/mol. The minimum Gasteiger partial charge on any atom is -0.387 e.